The number of thiophene rings is 1. The Morgan fingerprint density at radius 1 is 1.56 bits per heavy atom. The van der Waals surface area contributed by atoms with Gasteiger partial charge in [-0.25, -0.2) is 4.98 Å². The average Bonchev–Trinajstić information content (AvgIpc) is 2.98. The maximum absolute atomic E-state index is 11.6. The Bertz CT molecular complexity index is 508. The topological polar surface area (TPSA) is 62.2 Å². The predicted octanol–water partition coefficient (Wildman–Crippen LogP) is 1.91. The van der Waals surface area contributed by atoms with Crippen LogP contribution in [0.5, 0.6) is 0 Å². The zero-order chi connectivity index (χ0) is 13.0. The van der Waals surface area contributed by atoms with Crippen LogP contribution in [0.15, 0.2) is 22.9 Å². The third-order valence-electron chi connectivity index (χ3n) is 2.31. The molecule has 2 N–H and O–H groups in total. The van der Waals surface area contributed by atoms with E-state index in [1.165, 1.54) is 0 Å². The van der Waals surface area contributed by atoms with Gasteiger partial charge in [0, 0.05) is 11.4 Å². The molecule has 18 heavy (non-hydrogen) atoms. The van der Waals surface area contributed by atoms with E-state index >= 15 is 0 Å². The summed E-state index contributed by atoms with van der Waals surface area (Å²) in [7, 11) is 0. The molecule has 0 radical (unpaired) electrons. The molecule has 2 aromatic rings. The zero-order valence-corrected chi connectivity index (χ0v) is 11.6. The molecule has 1 amide bonds. The lowest BCUT2D eigenvalue weighted by Gasteiger charge is -2.09. The highest BCUT2D eigenvalue weighted by Gasteiger charge is 2.11. The van der Waals surface area contributed by atoms with E-state index in [2.05, 4.69) is 10.3 Å². The standard InChI is InChI=1S/C12H14N2O2S2/c1-8(6-15)13-11(16)5-9-7-18-12(14-9)10-3-2-4-17-10/h2-4,7-8,15H,5-6H2,1H3,(H,13,16)/t8-/m0/s1. The van der Waals surface area contributed by atoms with Crippen LogP contribution in [0.3, 0.4) is 0 Å². The summed E-state index contributed by atoms with van der Waals surface area (Å²) in [5, 5.41) is 16.4. The number of hydrogen-bond donors (Lipinski definition) is 2. The van der Waals surface area contributed by atoms with Crippen molar-refractivity contribution in [2.45, 2.75) is 19.4 Å². The van der Waals surface area contributed by atoms with Crippen molar-refractivity contribution in [2.24, 2.45) is 0 Å². The highest BCUT2D eigenvalue weighted by atomic mass is 32.1. The number of aliphatic hydroxyl groups excluding tert-OH is 1. The molecular weight excluding hydrogens is 268 g/mol. The molecule has 2 heterocycles. The molecule has 0 saturated heterocycles. The molecule has 2 rings (SSSR count). The van der Waals surface area contributed by atoms with E-state index in [1.807, 2.05) is 22.9 Å². The maximum Gasteiger partial charge on any atom is 0.226 e. The van der Waals surface area contributed by atoms with Crippen molar-refractivity contribution in [3.05, 3.63) is 28.6 Å². The van der Waals surface area contributed by atoms with Gasteiger partial charge in [0.1, 0.15) is 5.01 Å². The minimum atomic E-state index is -0.215. The molecule has 6 heteroatoms. The molecule has 0 unspecified atom stereocenters. The summed E-state index contributed by atoms with van der Waals surface area (Å²) < 4.78 is 0. The van der Waals surface area contributed by atoms with E-state index in [1.54, 1.807) is 29.6 Å². The summed E-state index contributed by atoms with van der Waals surface area (Å²) in [6.07, 6.45) is 0.256. The van der Waals surface area contributed by atoms with Crippen molar-refractivity contribution in [2.75, 3.05) is 6.61 Å². The van der Waals surface area contributed by atoms with Gasteiger partial charge in [-0.05, 0) is 18.4 Å². The molecule has 96 valence electrons. The Kier molecular flexibility index (Phi) is 4.46. The monoisotopic (exact) mass is 282 g/mol. The summed E-state index contributed by atoms with van der Waals surface area (Å²) in [5.41, 5.74) is 0.769. The molecule has 1 atom stereocenters. The third-order valence-corrected chi connectivity index (χ3v) is 4.24. The van der Waals surface area contributed by atoms with E-state index in [0.29, 0.717) is 0 Å². The van der Waals surface area contributed by atoms with Crippen molar-refractivity contribution in [3.8, 4) is 9.88 Å². The second-order valence-electron chi connectivity index (χ2n) is 3.95. The number of hydrogen-bond acceptors (Lipinski definition) is 5. The number of amides is 1. The van der Waals surface area contributed by atoms with Crippen LogP contribution in [0.2, 0.25) is 0 Å². The van der Waals surface area contributed by atoms with Crippen molar-refractivity contribution in [1.29, 1.82) is 0 Å². The van der Waals surface area contributed by atoms with Gasteiger partial charge >= 0.3 is 0 Å². The number of nitrogens with zero attached hydrogens (tertiary/aromatic N) is 1. The highest BCUT2D eigenvalue weighted by molar-refractivity contribution is 7.20. The fraction of sp³-hybridized carbons (Fsp3) is 0.333. The number of carbonyl (C=O) groups is 1. The van der Waals surface area contributed by atoms with Crippen LogP contribution in [0, 0.1) is 0 Å². The SMILES string of the molecule is C[C@@H](CO)NC(=O)Cc1csc(-c2cccs2)n1. The van der Waals surface area contributed by atoms with Gasteiger partial charge in [-0.1, -0.05) is 6.07 Å². The lowest BCUT2D eigenvalue weighted by molar-refractivity contribution is -0.121. The van der Waals surface area contributed by atoms with Gasteiger partial charge in [0.05, 0.1) is 23.6 Å². The number of carbonyl (C=O) groups excluding carboxylic acids is 1. The fourth-order valence-corrected chi connectivity index (χ4v) is 3.07. The first-order valence-electron chi connectivity index (χ1n) is 5.57. The second-order valence-corrected chi connectivity index (χ2v) is 5.76. The van der Waals surface area contributed by atoms with Crippen LogP contribution in [-0.2, 0) is 11.2 Å². The Hall–Kier alpha value is -1.24. The van der Waals surface area contributed by atoms with Crippen LogP contribution in [-0.4, -0.2) is 28.6 Å². The Labute approximate surface area is 113 Å². The lowest BCUT2D eigenvalue weighted by atomic mass is 10.3. The Morgan fingerprint density at radius 2 is 2.39 bits per heavy atom. The molecule has 0 fully saturated rings. The predicted molar refractivity (Wildman–Crippen MR) is 73.8 cm³/mol. The Balaban J connectivity index is 1.97. The second kappa shape index (κ2) is 6.08. The van der Waals surface area contributed by atoms with E-state index in [-0.39, 0.29) is 25.0 Å². The van der Waals surface area contributed by atoms with Crippen molar-refractivity contribution < 1.29 is 9.90 Å². The summed E-state index contributed by atoms with van der Waals surface area (Å²) in [5.74, 6) is -0.112. The van der Waals surface area contributed by atoms with Crippen LogP contribution in [0.1, 0.15) is 12.6 Å². The summed E-state index contributed by atoms with van der Waals surface area (Å²) in [6.45, 7) is 1.71. The largest absolute Gasteiger partial charge is 0.394 e. The van der Waals surface area contributed by atoms with Crippen LogP contribution in [0.4, 0.5) is 0 Å². The van der Waals surface area contributed by atoms with Gasteiger partial charge in [0.2, 0.25) is 5.91 Å². The molecule has 0 aliphatic carbocycles. The minimum absolute atomic E-state index is 0.0523. The molecule has 0 aromatic carbocycles. The normalized spacial score (nSPS) is 12.3. The number of aromatic nitrogens is 1. The maximum atomic E-state index is 11.6. The first-order valence-corrected chi connectivity index (χ1v) is 7.33. The smallest absolute Gasteiger partial charge is 0.226 e. The number of nitrogens with one attached hydrogen (secondary N) is 1. The van der Waals surface area contributed by atoms with E-state index in [0.717, 1.165) is 15.6 Å². The minimum Gasteiger partial charge on any atom is -0.394 e. The van der Waals surface area contributed by atoms with Gasteiger partial charge in [-0.15, -0.1) is 22.7 Å². The van der Waals surface area contributed by atoms with Gasteiger partial charge in [0.25, 0.3) is 0 Å². The number of aliphatic hydroxyl groups is 1. The summed E-state index contributed by atoms with van der Waals surface area (Å²) in [6, 6.07) is 3.78. The highest BCUT2D eigenvalue weighted by Crippen LogP contribution is 2.27. The molecular formula is C12H14N2O2S2. The third kappa shape index (κ3) is 3.38. The van der Waals surface area contributed by atoms with Crippen molar-refractivity contribution in [3.63, 3.8) is 0 Å². The van der Waals surface area contributed by atoms with Crippen molar-refractivity contribution in [1.82, 2.24) is 10.3 Å². The molecule has 0 aliphatic rings. The molecule has 0 aliphatic heterocycles. The molecule has 0 spiro atoms. The molecule has 0 bridgehead atoms. The first kappa shape index (κ1) is 13.2. The zero-order valence-electron chi connectivity index (χ0n) is 9.92. The van der Waals surface area contributed by atoms with Crippen LogP contribution >= 0.6 is 22.7 Å². The van der Waals surface area contributed by atoms with Gasteiger partial charge in [0.15, 0.2) is 0 Å². The Morgan fingerprint density at radius 3 is 3.06 bits per heavy atom. The van der Waals surface area contributed by atoms with E-state index in [9.17, 15) is 4.79 Å². The molecule has 4 nitrogen and oxygen atoms in total. The summed E-state index contributed by atoms with van der Waals surface area (Å²) >= 11 is 3.18. The van der Waals surface area contributed by atoms with E-state index in [4.69, 9.17) is 5.11 Å². The number of thiazole rings is 1. The number of rotatable bonds is 5. The molecule has 2 aromatic heterocycles. The van der Waals surface area contributed by atoms with Gasteiger partial charge in [-0.3, -0.25) is 4.79 Å². The van der Waals surface area contributed by atoms with E-state index < -0.39 is 0 Å². The van der Waals surface area contributed by atoms with Crippen molar-refractivity contribution >= 4 is 28.6 Å². The fourth-order valence-electron chi connectivity index (χ4n) is 1.44. The average molecular weight is 282 g/mol. The summed E-state index contributed by atoms with van der Waals surface area (Å²) in [4.78, 5) is 17.2. The van der Waals surface area contributed by atoms with Gasteiger partial charge in [-0.2, -0.15) is 0 Å². The van der Waals surface area contributed by atoms with Gasteiger partial charge < -0.3 is 10.4 Å². The van der Waals surface area contributed by atoms with Crippen LogP contribution in [0.25, 0.3) is 9.88 Å². The molecule has 0 saturated carbocycles. The first-order chi connectivity index (χ1) is 8.69. The van der Waals surface area contributed by atoms with Crippen LogP contribution < -0.4 is 5.32 Å². The quantitative estimate of drug-likeness (QED) is 0.880. The lowest BCUT2D eigenvalue weighted by Crippen LogP contribution is -2.36.